The molecule has 1 aromatic rings. The summed E-state index contributed by atoms with van der Waals surface area (Å²) in [6.45, 7) is 17.1. The van der Waals surface area contributed by atoms with Crippen molar-refractivity contribution in [3.05, 3.63) is 22.9 Å². The molecule has 1 rings (SSSR count). The number of pyridine rings is 1. The van der Waals surface area contributed by atoms with Crippen molar-refractivity contribution < 1.29 is 0 Å². The first-order chi connectivity index (χ1) is 8.86. The molecule has 0 aliphatic rings. The van der Waals surface area contributed by atoms with E-state index in [2.05, 4.69) is 64.7 Å². The van der Waals surface area contributed by atoms with E-state index < -0.39 is 0 Å². The fourth-order valence-corrected chi connectivity index (χ4v) is 2.37. The van der Waals surface area contributed by atoms with Gasteiger partial charge in [-0.15, -0.1) is 0 Å². The molecule has 1 heterocycles. The van der Waals surface area contributed by atoms with Crippen LogP contribution in [0.5, 0.6) is 0 Å². The fourth-order valence-electron chi connectivity index (χ4n) is 2.37. The van der Waals surface area contributed by atoms with Gasteiger partial charge in [0.05, 0.1) is 0 Å². The lowest BCUT2D eigenvalue weighted by Gasteiger charge is -2.30. The van der Waals surface area contributed by atoms with Gasteiger partial charge in [0.15, 0.2) is 0 Å². The van der Waals surface area contributed by atoms with E-state index in [4.69, 9.17) is 4.98 Å². The number of nitrogens with zero attached hydrogens (tertiary/aromatic N) is 2. The Morgan fingerprint density at radius 2 is 1.84 bits per heavy atom. The van der Waals surface area contributed by atoms with E-state index in [0.717, 1.165) is 24.6 Å². The van der Waals surface area contributed by atoms with Crippen molar-refractivity contribution in [3.63, 3.8) is 0 Å². The quantitative estimate of drug-likeness (QED) is 0.852. The third kappa shape index (κ3) is 4.20. The van der Waals surface area contributed by atoms with Crippen molar-refractivity contribution in [1.29, 1.82) is 0 Å². The SMILES string of the molecule is CCN(c1nc(C)cc(C)c1CNC(C)C)C(C)C. The van der Waals surface area contributed by atoms with Gasteiger partial charge < -0.3 is 10.2 Å². The number of nitrogens with one attached hydrogen (secondary N) is 1. The van der Waals surface area contributed by atoms with Crippen molar-refractivity contribution in [2.24, 2.45) is 0 Å². The van der Waals surface area contributed by atoms with Gasteiger partial charge in [-0.05, 0) is 46.2 Å². The molecule has 0 radical (unpaired) electrons. The van der Waals surface area contributed by atoms with Gasteiger partial charge in [0.2, 0.25) is 0 Å². The maximum atomic E-state index is 4.79. The maximum Gasteiger partial charge on any atom is 0.133 e. The first kappa shape index (κ1) is 16.0. The molecule has 1 N–H and O–H groups in total. The van der Waals surface area contributed by atoms with Crippen molar-refractivity contribution in [1.82, 2.24) is 10.3 Å². The predicted octanol–water partition coefficient (Wildman–Crippen LogP) is 3.43. The molecule has 0 spiro atoms. The lowest BCUT2D eigenvalue weighted by Crippen LogP contribution is -2.33. The smallest absolute Gasteiger partial charge is 0.133 e. The molecule has 0 unspecified atom stereocenters. The maximum absolute atomic E-state index is 4.79. The summed E-state index contributed by atoms with van der Waals surface area (Å²) < 4.78 is 0. The number of aromatic nitrogens is 1. The Morgan fingerprint density at radius 3 is 2.32 bits per heavy atom. The van der Waals surface area contributed by atoms with Crippen LogP contribution in [0.1, 0.15) is 51.4 Å². The predicted molar refractivity (Wildman–Crippen MR) is 83.8 cm³/mol. The highest BCUT2D eigenvalue weighted by Crippen LogP contribution is 2.24. The molecule has 0 bridgehead atoms. The van der Waals surface area contributed by atoms with Crippen LogP contribution < -0.4 is 10.2 Å². The summed E-state index contributed by atoms with van der Waals surface area (Å²) >= 11 is 0. The van der Waals surface area contributed by atoms with Crippen LogP contribution in [0, 0.1) is 13.8 Å². The zero-order valence-electron chi connectivity index (χ0n) is 13.5. The molecule has 0 saturated heterocycles. The van der Waals surface area contributed by atoms with Crippen molar-refractivity contribution >= 4 is 5.82 Å². The summed E-state index contributed by atoms with van der Waals surface area (Å²) in [7, 11) is 0. The van der Waals surface area contributed by atoms with Crippen molar-refractivity contribution in [3.8, 4) is 0 Å². The molecular formula is C16H29N3. The van der Waals surface area contributed by atoms with Gasteiger partial charge in [-0.1, -0.05) is 13.8 Å². The molecule has 0 aliphatic carbocycles. The zero-order valence-corrected chi connectivity index (χ0v) is 13.5. The number of hydrogen-bond donors (Lipinski definition) is 1. The summed E-state index contributed by atoms with van der Waals surface area (Å²) in [4.78, 5) is 7.16. The summed E-state index contributed by atoms with van der Waals surface area (Å²) in [5.74, 6) is 1.14. The monoisotopic (exact) mass is 263 g/mol. The second-order valence-corrected chi connectivity index (χ2v) is 5.80. The first-order valence-electron chi connectivity index (χ1n) is 7.33. The molecule has 0 saturated carbocycles. The summed E-state index contributed by atoms with van der Waals surface area (Å²) in [6, 6.07) is 3.13. The second kappa shape index (κ2) is 6.90. The number of anilines is 1. The lowest BCUT2D eigenvalue weighted by molar-refractivity contribution is 0.582. The lowest BCUT2D eigenvalue weighted by atomic mass is 10.1. The van der Waals surface area contributed by atoms with Crippen LogP contribution in [0.25, 0.3) is 0 Å². The van der Waals surface area contributed by atoms with Crippen LogP contribution >= 0.6 is 0 Å². The Labute approximate surface area is 118 Å². The van der Waals surface area contributed by atoms with Gasteiger partial charge in [-0.25, -0.2) is 4.98 Å². The normalized spacial score (nSPS) is 11.4. The Morgan fingerprint density at radius 1 is 1.21 bits per heavy atom. The summed E-state index contributed by atoms with van der Waals surface area (Å²) in [6.07, 6.45) is 0. The average Bonchev–Trinajstić information content (AvgIpc) is 2.27. The summed E-state index contributed by atoms with van der Waals surface area (Å²) in [5.41, 5.74) is 3.75. The highest BCUT2D eigenvalue weighted by atomic mass is 15.2. The summed E-state index contributed by atoms with van der Waals surface area (Å²) in [5, 5.41) is 3.51. The number of aryl methyl sites for hydroxylation is 2. The molecule has 108 valence electrons. The minimum absolute atomic E-state index is 0.469. The molecule has 0 atom stereocenters. The highest BCUT2D eigenvalue weighted by Gasteiger charge is 2.17. The van der Waals surface area contributed by atoms with Crippen LogP contribution in [0.3, 0.4) is 0 Å². The van der Waals surface area contributed by atoms with Crippen LogP contribution in [0.2, 0.25) is 0 Å². The highest BCUT2D eigenvalue weighted by molar-refractivity contribution is 5.52. The van der Waals surface area contributed by atoms with Gasteiger partial charge in [0.1, 0.15) is 5.82 Å². The van der Waals surface area contributed by atoms with Gasteiger partial charge in [-0.3, -0.25) is 0 Å². The zero-order chi connectivity index (χ0) is 14.6. The standard InChI is InChI=1S/C16H29N3/c1-8-19(12(4)5)16-15(10-17-11(2)3)13(6)9-14(7)18-16/h9,11-12,17H,8,10H2,1-7H3. The molecule has 1 aromatic heterocycles. The van der Waals surface area contributed by atoms with Crippen LogP contribution in [0.15, 0.2) is 6.07 Å². The van der Waals surface area contributed by atoms with Crippen LogP contribution in [-0.2, 0) is 6.54 Å². The third-order valence-electron chi connectivity index (χ3n) is 3.38. The second-order valence-electron chi connectivity index (χ2n) is 5.80. The minimum Gasteiger partial charge on any atom is -0.354 e. The van der Waals surface area contributed by atoms with E-state index in [1.54, 1.807) is 0 Å². The average molecular weight is 263 g/mol. The molecular weight excluding hydrogens is 234 g/mol. The minimum atomic E-state index is 0.469. The Bertz CT molecular complexity index is 411. The molecule has 0 aliphatic heterocycles. The Hall–Kier alpha value is -1.09. The molecule has 19 heavy (non-hydrogen) atoms. The van der Waals surface area contributed by atoms with Gasteiger partial charge in [0.25, 0.3) is 0 Å². The molecule has 3 nitrogen and oxygen atoms in total. The van der Waals surface area contributed by atoms with E-state index in [1.807, 2.05) is 0 Å². The molecule has 0 amide bonds. The molecule has 0 aromatic carbocycles. The molecule has 3 heteroatoms. The number of hydrogen-bond acceptors (Lipinski definition) is 3. The Kier molecular flexibility index (Phi) is 5.80. The van der Waals surface area contributed by atoms with Crippen LogP contribution in [-0.4, -0.2) is 23.6 Å². The fraction of sp³-hybridized carbons (Fsp3) is 0.688. The third-order valence-corrected chi connectivity index (χ3v) is 3.38. The van der Waals surface area contributed by atoms with Crippen molar-refractivity contribution in [2.75, 3.05) is 11.4 Å². The van der Waals surface area contributed by atoms with E-state index in [9.17, 15) is 0 Å². The topological polar surface area (TPSA) is 28.2 Å². The van der Waals surface area contributed by atoms with Gasteiger partial charge in [0, 0.05) is 36.4 Å². The van der Waals surface area contributed by atoms with E-state index in [-0.39, 0.29) is 0 Å². The van der Waals surface area contributed by atoms with E-state index >= 15 is 0 Å². The van der Waals surface area contributed by atoms with E-state index in [0.29, 0.717) is 12.1 Å². The number of rotatable bonds is 6. The Balaban J connectivity index is 3.18. The van der Waals surface area contributed by atoms with Crippen molar-refractivity contribution in [2.45, 2.75) is 67.1 Å². The van der Waals surface area contributed by atoms with Crippen LogP contribution in [0.4, 0.5) is 5.82 Å². The largest absolute Gasteiger partial charge is 0.354 e. The first-order valence-corrected chi connectivity index (χ1v) is 7.33. The van der Waals surface area contributed by atoms with E-state index in [1.165, 1.54) is 11.1 Å². The van der Waals surface area contributed by atoms with Gasteiger partial charge in [-0.2, -0.15) is 0 Å². The van der Waals surface area contributed by atoms with Gasteiger partial charge >= 0.3 is 0 Å². The molecule has 0 fully saturated rings.